The topological polar surface area (TPSA) is 37.4 Å². The Kier molecular flexibility index (Phi) is 4.78. The summed E-state index contributed by atoms with van der Waals surface area (Å²) >= 11 is 0. The zero-order valence-electron chi connectivity index (χ0n) is 12.9. The monoisotopic (exact) mass is 333 g/mol. The molecule has 0 spiro atoms. The van der Waals surface area contributed by atoms with Crippen LogP contribution in [0.3, 0.4) is 0 Å². The van der Waals surface area contributed by atoms with Gasteiger partial charge in [0.15, 0.2) is 0 Å². The van der Waals surface area contributed by atoms with Crippen LogP contribution in [-0.2, 0) is 29.4 Å². The molecule has 5 heteroatoms. The molecule has 2 aromatic carbocycles. The standard InChI is InChI=1S/C18H20FNO2S/c19-18-9-8-17-14-20(11-10-16(17)13-18)23(21,22)12-4-7-15-5-2-1-3-6-15/h1-3,5-6,8-9,13H,4,7,10-12,14H2. The maximum atomic E-state index is 13.2. The summed E-state index contributed by atoms with van der Waals surface area (Å²) in [5, 5.41) is 0. The summed E-state index contributed by atoms with van der Waals surface area (Å²) in [6.45, 7) is 0.785. The molecule has 1 aliphatic heterocycles. The predicted octanol–water partition coefficient (Wildman–Crippen LogP) is 3.15. The van der Waals surface area contributed by atoms with Crippen LogP contribution in [0.25, 0.3) is 0 Å². The van der Waals surface area contributed by atoms with Crippen molar-refractivity contribution in [2.75, 3.05) is 12.3 Å². The molecule has 0 saturated heterocycles. The van der Waals surface area contributed by atoms with Crippen LogP contribution in [0.15, 0.2) is 48.5 Å². The van der Waals surface area contributed by atoms with Crippen LogP contribution >= 0.6 is 0 Å². The number of benzene rings is 2. The Morgan fingerprint density at radius 3 is 2.61 bits per heavy atom. The minimum absolute atomic E-state index is 0.151. The van der Waals surface area contributed by atoms with Gasteiger partial charge in [-0.25, -0.2) is 12.8 Å². The molecule has 1 heterocycles. The summed E-state index contributed by atoms with van der Waals surface area (Å²) in [4.78, 5) is 0. The van der Waals surface area contributed by atoms with E-state index in [2.05, 4.69) is 0 Å². The number of halogens is 1. The van der Waals surface area contributed by atoms with E-state index >= 15 is 0 Å². The molecule has 0 aromatic heterocycles. The van der Waals surface area contributed by atoms with Crippen LogP contribution in [-0.4, -0.2) is 25.0 Å². The number of hydrogen-bond acceptors (Lipinski definition) is 2. The Morgan fingerprint density at radius 1 is 1.04 bits per heavy atom. The molecule has 1 aliphatic rings. The summed E-state index contributed by atoms with van der Waals surface area (Å²) in [5.41, 5.74) is 2.98. The molecule has 0 fully saturated rings. The Balaban J connectivity index is 1.61. The van der Waals surface area contributed by atoms with Crippen molar-refractivity contribution in [1.82, 2.24) is 4.31 Å². The summed E-state index contributed by atoms with van der Waals surface area (Å²) in [6.07, 6.45) is 1.94. The fourth-order valence-electron chi connectivity index (χ4n) is 2.97. The summed E-state index contributed by atoms with van der Waals surface area (Å²) < 4.78 is 39.8. The number of fused-ring (bicyclic) bond motifs is 1. The van der Waals surface area contributed by atoms with Crippen molar-refractivity contribution >= 4 is 10.0 Å². The highest BCUT2D eigenvalue weighted by molar-refractivity contribution is 7.89. The first kappa shape index (κ1) is 16.1. The van der Waals surface area contributed by atoms with Crippen molar-refractivity contribution in [3.63, 3.8) is 0 Å². The molecule has 0 radical (unpaired) electrons. The largest absolute Gasteiger partial charge is 0.214 e. The zero-order valence-corrected chi connectivity index (χ0v) is 13.7. The smallest absolute Gasteiger partial charge is 0.212 e. The van der Waals surface area contributed by atoms with E-state index in [0.29, 0.717) is 25.9 Å². The first-order chi connectivity index (χ1) is 11.0. The first-order valence-corrected chi connectivity index (χ1v) is 9.44. The molecule has 3 rings (SSSR count). The van der Waals surface area contributed by atoms with E-state index in [4.69, 9.17) is 0 Å². The average Bonchev–Trinajstić information content (AvgIpc) is 2.55. The lowest BCUT2D eigenvalue weighted by Gasteiger charge is -2.28. The molecule has 0 amide bonds. The number of nitrogens with zero attached hydrogens (tertiary/aromatic N) is 1. The van der Waals surface area contributed by atoms with Crippen molar-refractivity contribution in [1.29, 1.82) is 0 Å². The number of rotatable bonds is 5. The van der Waals surface area contributed by atoms with E-state index in [1.807, 2.05) is 30.3 Å². The van der Waals surface area contributed by atoms with Gasteiger partial charge in [-0.15, -0.1) is 0 Å². The van der Waals surface area contributed by atoms with Gasteiger partial charge in [0.25, 0.3) is 0 Å². The Hall–Kier alpha value is -1.72. The van der Waals surface area contributed by atoms with E-state index in [9.17, 15) is 12.8 Å². The lowest BCUT2D eigenvalue weighted by molar-refractivity contribution is 0.390. The molecule has 0 aliphatic carbocycles. The van der Waals surface area contributed by atoms with Gasteiger partial charge in [-0.1, -0.05) is 36.4 Å². The SMILES string of the molecule is O=S(=O)(CCCc1ccccc1)N1CCc2cc(F)ccc2C1. The molecule has 23 heavy (non-hydrogen) atoms. The summed E-state index contributed by atoms with van der Waals surface area (Å²) in [5.74, 6) is -0.110. The zero-order chi connectivity index (χ0) is 16.3. The lowest BCUT2D eigenvalue weighted by atomic mass is 10.0. The third-order valence-corrected chi connectivity index (χ3v) is 6.15. The van der Waals surface area contributed by atoms with E-state index in [-0.39, 0.29) is 11.6 Å². The fourth-order valence-corrected chi connectivity index (χ4v) is 4.44. The first-order valence-electron chi connectivity index (χ1n) is 7.84. The van der Waals surface area contributed by atoms with Crippen LogP contribution < -0.4 is 0 Å². The van der Waals surface area contributed by atoms with Gasteiger partial charge < -0.3 is 0 Å². The van der Waals surface area contributed by atoms with Crippen molar-refractivity contribution in [3.8, 4) is 0 Å². The molecular formula is C18H20FNO2S. The maximum absolute atomic E-state index is 13.2. The Morgan fingerprint density at radius 2 is 1.83 bits per heavy atom. The minimum atomic E-state index is -3.27. The second kappa shape index (κ2) is 6.81. The lowest BCUT2D eigenvalue weighted by Crippen LogP contribution is -2.37. The summed E-state index contributed by atoms with van der Waals surface area (Å²) in [7, 11) is -3.27. The van der Waals surface area contributed by atoms with E-state index in [1.54, 1.807) is 6.07 Å². The van der Waals surface area contributed by atoms with E-state index in [0.717, 1.165) is 23.1 Å². The minimum Gasteiger partial charge on any atom is -0.212 e. The van der Waals surface area contributed by atoms with Crippen molar-refractivity contribution in [2.45, 2.75) is 25.8 Å². The average molecular weight is 333 g/mol. The normalized spacial score (nSPS) is 15.3. The van der Waals surface area contributed by atoms with Gasteiger partial charge in [-0.2, -0.15) is 4.31 Å². The van der Waals surface area contributed by atoms with Gasteiger partial charge in [0.1, 0.15) is 5.82 Å². The fraction of sp³-hybridized carbons (Fsp3) is 0.333. The molecule has 0 N–H and O–H groups in total. The van der Waals surface area contributed by atoms with E-state index < -0.39 is 10.0 Å². The van der Waals surface area contributed by atoms with Gasteiger partial charge in [0.05, 0.1) is 5.75 Å². The number of sulfonamides is 1. The molecule has 2 aromatic rings. The highest BCUT2D eigenvalue weighted by Crippen LogP contribution is 2.22. The molecule has 3 nitrogen and oxygen atoms in total. The quantitative estimate of drug-likeness (QED) is 0.843. The molecular weight excluding hydrogens is 313 g/mol. The van der Waals surface area contributed by atoms with Crippen LogP contribution in [0.1, 0.15) is 23.1 Å². The van der Waals surface area contributed by atoms with Crippen molar-refractivity contribution < 1.29 is 12.8 Å². The van der Waals surface area contributed by atoms with Gasteiger partial charge in [-0.3, -0.25) is 0 Å². The van der Waals surface area contributed by atoms with Gasteiger partial charge >= 0.3 is 0 Å². The van der Waals surface area contributed by atoms with Crippen LogP contribution in [0.4, 0.5) is 4.39 Å². The van der Waals surface area contributed by atoms with Gasteiger partial charge in [0.2, 0.25) is 10.0 Å². The predicted molar refractivity (Wildman–Crippen MR) is 89.1 cm³/mol. The van der Waals surface area contributed by atoms with Crippen molar-refractivity contribution in [2.24, 2.45) is 0 Å². The highest BCUT2D eigenvalue weighted by Gasteiger charge is 2.26. The number of hydrogen-bond donors (Lipinski definition) is 0. The Bertz CT molecular complexity index is 775. The maximum Gasteiger partial charge on any atom is 0.214 e. The third-order valence-electron chi connectivity index (χ3n) is 4.25. The second-order valence-corrected chi connectivity index (χ2v) is 7.99. The highest BCUT2D eigenvalue weighted by atomic mass is 32.2. The molecule has 0 bridgehead atoms. The Labute approximate surface area is 136 Å². The van der Waals surface area contributed by atoms with Crippen LogP contribution in [0.5, 0.6) is 0 Å². The summed E-state index contributed by atoms with van der Waals surface area (Å²) in [6, 6.07) is 14.5. The van der Waals surface area contributed by atoms with Crippen LogP contribution in [0, 0.1) is 5.82 Å². The molecule has 122 valence electrons. The van der Waals surface area contributed by atoms with Gasteiger partial charge in [-0.05, 0) is 48.1 Å². The second-order valence-electron chi connectivity index (χ2n) is 5.90. The molecule has 0 atom stereocenters. The number of aryl methyl sites for hydroxylation is 1. The molecule has 0 saturated carbocycles. The van der Waals surface area contributed by atoms with Crippen molar-refractivity contribution in [3.05, 3.63) is 71.0 Å². The third kappa shape index (κ3) is 3.98. The molecule has 0 unspecified atom stereocenters. The van der Waals surface area contributed by atoms with E-state index in [1.165, 1.54) is 16.4 Å². The van der Waals surface area contributed by atoms with Crippen LogP contribution in [0.2, 0.25) is 0 Å². The van der Waals surface area contributed by atoms with Gasteiger partial charge in [0, 0.05) is 13.1 Å².